The van der Waals surface area contributed by atoms with E-state index in [0.29, 0.717) is 5.56 Å². The van der Waals surface area contributed by atoms with Crippen LogP contribution in [-0.4, -0.2) is 32.4 Å². The first kappa shape index (κ1) is 18.5. The predicted molar refractivity (Wildman–Crippen MR) is 95.1 cm³/mol. The molecule has 25 heavy (non-hydrogen) atoms. The highest BCUT2D eigenvalue weighted by molar-refractivity contribution is 5.97. The number of carbonyl (C=O) groups is 1. The van der Waals surface area contributed by atoms with Crippen LogP contribution in [0, 0.1) is 13.8 Å². The summed E-state index contributed by atoms with van der Waals surface area (Å²) in [5.74, 6) is -0.230. The zero-order chi connectivity index (χ0) is 18.8. The van der Waals surface area contributed by atoms with Gasteiger partial charge >= 0.3 is 5.97 Å². The molecule has 1 heterocycles. The molecule has 7 nitrogen and oxygen atoms in total. The topological polar surface area (TPSA) is 103 Å². The van der Waals surface area contributed by atoms with Crippen molar-refractivity contribution in [1.82, 2.24) is 9.78 Å². The molecule has 0 spiro atoms. The summed E-state index contributed by atoms with van der Waals surface area (Å²) in [6, 6.07) is 7.14. The van der Waals surface area contributed by atoms with E-state index in [1.807, 2.05) is 46.8 Å². The van der Waals surface area contributed by atoms with Gasteiger partial charge in [0.1, 0.15) is 5.60 Å². The Kier molecular flexibility index (Phi) is 5.15. The van der Waals surface area contributed by atoms with E-state index in [-0.39, 0.29) is 18.2 Å². The Labute approximate surface area is 147 Å². The lowest BCUT2D eigenvalue weighted by molar-refractivity contribution is -0.153. The number of oxime groups is 1. The van der Waals surface area contributed by atoms with Gasteiger partial charge in [-0.3, -0.25) is 4.79 Å². The summed E-state index contributed by atoms with van der Waals surface area (Å²) in [4.78, 5) is 12.1. The smallest absolute Gasteiger partial charge is 0.310 e. The standard InChI is InChI=1S/C18H24N4O3/c1-11-15(10-16(23)25-18(3,4)5)12(2)22(20-11)14-8-6-13(7-9-14)17(19)21-24/h6-9,24H,10H2,1-5H3,(H2,19,21). The molecule has 2 aromatic rings. The minimum Gasteiger partial charge on any atom is -0.460 e. The zero-order valence-corrected chi connectivity index (χ0v) is 15.2. The number of ether oxygens (including phenoxy) is 1. The van der Waals surface area contributed by atoms with Gasteiger partial charge in [0.05, 0.1) is 17.8 Å². The van der Waals surface area contributed by atoms with Gasteiger partial charge in [0.25, 0.3) is 0 Å². The van der Waals surface area contributed by atoms with Gasteiger partial charge in [-0.1, -0.05) is 5.16 Å². The molecule has 0 aliphatic rings. The van der Waals surface area contributed by atoms with E-state index in [4.69, 9.17) is 15.7 Å². The van der Waals surface area contributed by atoms with Gasteiger partial charge in [-0.25, -0.2) is 4.68 Å². The van der Waals surface area contributed by atoms with Crippen LogP contribution in [0.4, 0.5) is 0 Å². The van der Waals surface area contributed by atoms with E-state index in [9.17, 15) is 4.79 Å². The maximum atomic E-state index is 12.1. The Morgan fingerprint density at radius 2 is 1.88 bits per heavy atom. The van der Waals surface area contributed by atoms with Crippen LogP contribution >= 0.6 is 0 Å². The van der Waals surface area contributed by atoms with Crippen LogP contribution in [0.15, 0.2) is 29.4 Å². The highest BCUT2D eigenvalue weighted by atomic mass is 16.6. The van der Waals surface area contributed by atoms with Crippen molar-refractivity contribution in [3.05, 3.63) is 46.8 Å². The Bertz CT molecular complexity index is 799. The summed E-state index contributed by atoms with van der Waals surface area (Å²) < 4.78 is 7.16. The monoisotopic (exact) mass is 344 g/mol. The summed E-state index contributed by atoms with van der Waals surface area (Å²) >= 11 is 0. The number of nitrogens with zero attached hydrogens (tertiary/aromatic N) is 3. The van der Waals surface area contributed by atoms with Crippen LogP contribution in [-0.2, 0) is 16.0 Å². The lowest BCUT2D eigenvalue weighted by atomic mass is 10.1. The molecular formula is C18H24N4O3. The number of carbonyl (C=O) groups excluding carboxylic acids is 1. The summed E-state index contributed by atoms with van der Waals surface area (Å²) in [7, 11) is 0. The SMILES string of the molecule is Cc1nn(-c2ccc(/C(N)=N\O)cc2)c(C)c1CC(=O)OC(C)(C)C. The number of benzene rings is 1. The maximum absolute atomic E-state index is 12.1. The number of esters is 1. The normalized spacial score (nSPS) is 12.3. The van der Waals surface area contributed by atoms with E-state index >= 15 is 0 Å². The van der Waals surface area contributed by atoms with Crippen LogP contribution in [0.5, 0.6) is 0 Å². The molecule has 3 N–H and O–H groups in total. The van der Waals surface area contributed by atoms with Crippen LogP contribution < -0.4 is 5.73 Å². The Morgan fingerprint density at radius 3 is 2.40 bits per heavy atom. The molecule has 0 aliphatic heterocycles. The summed E-state index contributed by atoms with van der Waals surface area (Å²) in [5, 5.41) is 16.2. The molecule has 0 saturated carbocycles. The van der Waals surface area contributed by atoms with E-state index in [0.717, 1.165) is 22.6 Å². The number of amidine groups is 1. The van der Waals surface area contributed by atoms with Crippen LogP contribution in [0.25, 0.3) is 5.69 Å². The van der Waals surface area contributed by atoms with E-state index < -0.39 is 5.60 Å². The average molecular weight is 344 g/mol. The van der Waals surface area contributed by atoms with Gasteiger partial charge in [0.2, 0.25) is 0 Å². The maximum Gasteiger partial charge on any atom is 0.310 e. The summed E-state index contributed by atoms with van der Waals surface area (Å²) in [5.41, 5.74) is 9.01. The fraction of sp³-hybridized carbons (Fsp3) is 0.389. The predicted octanol–water partition coefficient (Wildman–Crippen LogP) is 2.47. The van der Waals surface area contributed by atoms with Gasteiger partial charge in [-0.05, 0) is 58.9 Å². The lowest BCUT2D eigenvalue weighted by Gasteiger charge is -2.19. The summed E-state index contributed by atoms with van der Waals surface area (Å²) in [6.45, 7) is 9.32. The zero-order valence-electron chi connectivity index (χ0n) is 15.2. The minimum atomic E-state index is -0.515. The minimum absolute atomic E-state index is 0.0468. The molecule has 0 bridgehead atoms. The fourth-order valence-corrected chi connectivity index (χ4v) is 2.54. The van der Waals surface area contributed by atoms with E-state index in [2.05, 4.69) is 10.3 Å². The number of hydrogen-bond donors (Lipinski definition) is 2. The van der Waals surface area contributed by atoms with Crippen LogP contribution in [0.1, 0.15) is 43.3 Å². The molecule has 0 fully saturated rings. The highest BCUT2D eigenvalue weighted by Crippen LogP contribution is 2.20. The van der Waals surface area contributed by atoms with Gasteiger partial charge in [0.15, 0.2) is 5.84 Å². The quantitative estimate of drug-likeness (QED) is 0.292. The van der Waals surface area contributed by atoms with Crippen molar-refractivity contribution < 1.29 is 14.7 Å². The second-order valence-electron chi connectivity index (χ2n) is 6.86. The van der Waals surface area contributed by atoms with Crippen molar-refractivity contribution in [2.75, 3.05) is 0 Å². The molecule has 0 unspecified atom stereocenters. The van der Waals surface area contributed by atoms with Crippen molar-refractivity contribution in [1.29, 1.82) is 0 Å². The first-order chi connectivity index (χ1) is 11.6. The first-order valence-corrected chi connectivity index (χ1v) is 7.97. The average Bonchev–Trinajstić information content (AvgIpc) is 2.80. The summed E-state index contributed by atoms with van der Waals surface area (Å²) in [6.07, 6.45) is 0.178. The molecule has 1 aromatic carbocycles. The molecule has 0 atom stereocenters. The number of hydrogen-bond acceptors (Lipinski definition) is 5. The molecule has 0 radical (unpaired) electrons. The van der Waals surface area contributed by atoms with Gasteiger partial charge in [0, 0.05) is 16.8 Å². The van der Waals surface area contributed by atoms with Crippen molar-refractivity contribution in [2.24, 2.45) is 10.9 Å². The van der Waals surface area contributed by atoms with Crippen LogP contribution in [0.2, 0.25) is 0 Å². The fourth-order valence-electron chi connectivity index (χ4n) is 2.54. The second-order valence-corrected chi connectivity index (χ2v) is 6.86. The Balaban J connectivity index is 2.28. The van der Waals surface area contributed by atoms with E-state index in [1.54, 1.807) is 16.8 Å². The Morgan fingerprint density at radius 1 is 1.28 bits per heavy atom. The third-order valence-corrected chi connectivity index (χ3v) is 3.70. The van der Waals surface area contributed by atoms with E-state index in [1.165, 1.54) is 0 Å². The Hall–Kier alpha value is -2.83. The second kappa shape index (κ2) is 6.96. The third kappa shape index (κ3) is 4.37. The van der Waals surface area contributed by atoms with Crippen molar-refractivity contribution in [2.45, 2.75) is 46.6 Å². The number of aromatic nitrogens is 2. The van der Waals surface area contributed by atoms with Gasteiger partial charge in [-0.15, -0.1) is 0 Å². The molecule has 1 aromatic heterocycles. The van der Waals surface area contributed by atoms with Crippen molar-refractivity contribution in [3.63, 3.8) is 0 Å². The molecule has 0 aliphatic carbocycles. The van der Waals surface area contributed by atoms with Gasteiger partial charge < -0.3 is 15.7 Å². The highest BCUT2D eigenvalue weighted by Gasteiger charge is 2.21. The molecular weight excluding hydrogens is 320 g/mol. The lowest BCUT2D eigenvalue weighted by Crippen LogP contribution is -2.25. The molecule has 2 rings (SSSR count). The van der Waals surface area contributed by atoms with Crippen molar-refractivity contribution in [3.8, 4) is 5.69 Å². The third-order valence-electron chi connectivity index (χ3n) is 3.70. The molecule has 134 valence electrons. The largest absolute Gasteiger partial charge is 0.460 e. The molecule has 7 heteroatoms. The number of aryl methyl sites for hydroxylation is 1. The number of rotatable bonds is 4. The van der Waals surface area contributed by atoms with Crippen LogP contribution in [0.3, 0.4) is 0 Å². The number of nitrogens with two attached hydrogens (primary N) is 1. The van der Waals surface area contributed by atoms with Gasteiger partial charge in [-0.2, -0.15) is 5.10 Å². The molecule has 0 saturated heterocycles. The molecule has 0 amide bonds. The first-order valence-electron chi connectivity index (χ1n) is 7.97. The van der Waals surface area contributed by atoms with Crippen molar-refractivity contribution >= 4 is 11.8 Å².